The minimum Gasteiger partial charge on any atom is -0.319 e. The lowest BCUT2D eigenvalue weighted by atomic mass is 10.2. The molecule has 0 unspecified atom stereocenters. The van der Waals surface area contributed by atoms with Crippen molar-refractivity contribution in [1.29, 1.82) is 0 Å². The van der Waals surface area contributed by atoms with Crippen LogP contribution < -0.4 is 5.32 Å². The van der Waals surface area contributed by atoms with E-state index in [2.05, 4.69) is 47.3 Å². The molecule has 0 saturated heterocycles. The summed E-state index contributed by atoms with van der Waals surface area (Å²) in [6.07, 6.45) is 0. The molecule has 0 bridgehead atoms. The molecular weight excluding hydrogens is 503 g/mol. The number of carbonyl (C=O) groups excluding carboxylic acids is 1. The molecule has 4 aromatic rings. The first kappa shape index (κ1) is 19.5. The van der Waals surface area contributed by atoms with Gasteiger partial charge in [0.15, 0.2) is 5.82 Å². The Balaban J connectivity index is 1.75. The van der Waals surface area contributed by atoms with Crippen LogP contribution in [0.4, 0.5) is 10.1 Å². The highest BCUT2D eigenvalue weighted by Gasteiger charge is 2.19. The van der Waals surface area contributed by atoms with Crippen molar-refractivity contribution >= 4 is 43.5 Å². The van der Waals surface area contributed by atoms with E-state index >= 15 is 0 Å². The van der Waals surface area contributed by atoms with E-state index in [1.54, 1.807) is 24.3 Å². The van der Waals surface area contributed by atoms with Crippen LogP contribution in [0.25, 0.3) is 17.1 Å². The first-order chi connectivity index (χ1) is 14.0. The van der Waals surface area contributed by atoms with Crippen LogP contribution in [0.1, 0.15) is 10.6 Å². The minimum atomic E-state index is -0.442. The Morgan fingerprint density at radius 3 is 2.34 bits per heavy atom. The van der Waals surface area contributed by atoms with Gasteiger partial charge in [-0.05, 0) is 54.6 Å². The number of amides is 1. The van der Waals surface area contributed by atoms with Gasteiger partial charge in [-0.25, -0.2) is 14.1 Å². The van der Waals surface area contributed by atoms with Crippen LogP contribution in [0.15, 0.2) is 81.7 Å². The van der Waals surface area contributed by atoms with Gasteiger partial charge in [0.05, 0.1) is 5.69 Å². The molecule has 0 spiro atoms. The number of nitrogens with zero attached hydrogens (tertiary/aromatic N) is 3. The summed E-state index contributed by atoms with van der Waals surface area (Å²) < 4.78 is 16.6. The maximum atomic E-state index is 13.4. The molecule has 4 rings (SSSR count). The molecule has 1 aromatic heterocycles. The smallest absolute Gasteiger partial charge is 0.295 e. The average molecular weight is 516 g/mol. The van der Waals surface area contributed by atoms with E-state index < -0.39 is 5.91 Å². The fourth-order valence-electron chi connectivity index (χ4n) is 2.71. The number of hydrogen-bond acceptors (Lipinski definition) is 3. The van der Waals surface area contributed by atoms with E-state index in [4.69, 9.17) is 0 Å². The lowest BCUT2D eigenvalue weighted by Crippen LogP contribution is -2.14. The maximum Gasteiger partial charge on any atom is 0.295 e. The molecule has 1 heterocycles. The number of aromatic nitrogens is 3. The number of carbonyl (C=O) groups is 1. The molecule has 5 nitrogen and oxygen atoms in total. The number of benzene rings is 3. The first-order valence-electron chi connectivity index (χ1n) is 8.55. The Morgan fingerprint density at radius 1 is 0.931 bits per heavy atom. The summed E-state index contributed by atoms with van der Waals surface area (Å²) in [4.78, 5) is 17.2. The van der Waals surface area contributed by atoms with Gasteiger partial charge in [0.1, 0.15) is 5.82 Å². The Hall–Kier alpha value is -2.84. The number of anilines is 1. The van der Waals surface area contributed by atoms with Crippen LogP contribution in [0, 0.1) is 5.82 Å². The first-order valence-corrected chi connectivity index (χ1v) is 10.1. The molecule has 0 radical (unpaired) electrons. The van der Waals surface area contributed by atoms with Crippen molar-refractivity contribution in [2.24, 2.45) is 0 Å². The molecule has 144 valence electrons. The fraction of sp³-hybridized carbons (Fsp3) is 0. The zero-order valence-electron chi connectivity index (χ0n) is 14.8. The summed E-state index contributed by atoms with van der Waals surface area (Å²) in [5.41, 5.74) is 1.98. The van der Waals surface area contributed by atoms with Gasteiger partial charge >= 0.3 is 0 Å². The number of nitrogens with one attached hydrogen (secondary N) is 1. The number of halogens is 3. The zero-order chi connectivity index (χ0) is 20.4. The quantitative estimate of drug-likeness (QED) is 0.371. The second-order valence-electron chi connectivity index (χ2n) is 6.12. The monoisotopic (exact) mass is 514 g/mol. The van der Waals surface area contributed by atoms with E-state index in [1.165, 1.54) is 16.8 Å². The van der Waals surface area contributed by atoms with Crippen LogP contribution in [0.2, 0.25) is 0 Å². The van der Waals surface area contributed by atoms with Gasteiger partial charge in [-0.1, -0.05) is 50.1 Å². The highest BCUT2D eigenvalue weighted by molar-refractivity contribution is 9.10. The van der Waals surface area contributed by atoms with Crippen LogP contribution in [0.5, 0.6) is 0 Å². The van der Waals surface area contributed by atoms with Crippen LogP contribution >= 0.6 is 31.9 Å². The van der Waals surface area contributed by atoms with E-state index in [0.29, 0.717) is 17.2 Å². The molecule has 0 aliphatic heterocycles. The Kier molecular flexibility index (Phi) is 5.55. The molecule has 1 N–H and O–H groups in total. The van der Waals surface area contributed by atoms with Crippen molar-refractivity contribution < 1.29 is 9.18 Å². The zero-order valence-corrected chi connectivity index (χ0v) is 18.0. The molecule has 0 atom stereocenters. The predicted octanol–water partition coefficient (Wildman–Crippen LogP) is 5.85. The van der Waals surface area contributed by atoms with Crippen molar-refractivity contribution in [3.8, 4) is 17.1 Å². The van der Waals surface area contributed by atoms with E-state index in [1.807, 2.05) is 36.4 Å². The molecule has 0 fully saturated rings. The molecule has 1 amide bonds. The van der Waals surface area contributed by atoms with Crippen LogP contribution in [0.3, 0.4) is 0 Å². The molecule has 0 aliphatic carbocycles. The van der Waals surface area contributed by atoms with Gasteiger partial charge in [-0.15, -0.1) is 5.10 Å². The average Bonchev–Trinajstić information content (AvgIpc) is 3.15. The predicted molar refractivity (Wildman–Crippen MR) is 117 cm³/mol. The third-order valence-electron chi connectivity index (χ3n) is 4.07. The van der Waals surface area contributed by atoms with Crippen molar-refractivity contribution in [3.05, 3.63) is 93.4 Å². The summed E-state index contributed by atoms with van der Waals surface area (Å²) in [6.45, 7) is 0. The number of hydrogen-bond donors (Lipinski definition) is 1. The summed E-state index contributed by atoms with van der Waals surface area (Å²) >= 11 is 6.78. The van der Waals surface area contributed by atoms with Crippen LogP contribution in [-0.4, -0.2) is 20.7 Å². The summed E-state index contributed by atoms with van der Waals surface area (Å²) in [5, 5.41) is 7.16. The Labute approximate surface area is 182 Å². The molecule has 0 aliphatic rings. The Bertz CT molecular complexity index is 1110. The third-order valence-corrected chi connectivity index (χ3v) is 5.09. The van der Waals surface area contributed by atoms with E-state index in [0.717, 1.165) is 14.5 Å². The summed E-state index contributed by atoms with van der Waals surface area (Å²) in [7, 11) is 0. The lowest BCUT2D eigenvalue weighted by Gasteiger charge is -2.06. The molecule has 0 saturated carbocycles. The van der Waals surface area contributed by atoms with Gasteiger partial charge < -0.3 is 5.32 Å². The van der Waals surface area contributed by atoms with Crippen molar-refractivity contribution in [2.45, 2.75) is 0 Å². The van der Waals surface area contributed by atoms with E-state index in [-0.39, 0.29) is 11.6 Å². The molecular formula is C21H13Br2FN4O. The lowest BCUT2D eigenvalue weighted by molar-refractivity contribution is 0.101. The number of rotatable bonds is 4. The van der Waals surface area contributed by atoms with Crippen molar-refractivity contribution in [2.75, 3.05) is 5.32 Å². The fourth-order valence-corrected chi connectivity index (χ4v) is 3.37. The summed E-state index contributed by atoms with van der Waals surface area (Å²) in [5.74, 6) is -0.315. The van der Waals surface area contributed by atoms with Gasteiger partial charge in [0.2, 0.25) is 5.82 Å². The van der Waals surface area contributed by atoms with Crippen molar-refractivity contribution in [3.63, 3.8) is 0 Å². The van der Waals surface area contributed by atoms with Gasteiger partial charge in [0, 0.05) is 20.2 Å². The summed E-state index contributed by atoms with van der Waals surface area (Å²) in [6, 6.07) is 20.6. The normalized spacial score (nSPS) is 10.7. The largest absolute Gasteiger partial charge is 0.319 e. The third kappa shape index (κ3) is 4.44. The van der Waals surface area contributed by atoms with E-state index in [9.17, 15) is 9.18 Å². The van der Waals surface area contributed by atoms with Gasteiger partial charge in [0.25, 0.3) is 5.91 Å². The SMILES string of the molecule is O=C(Nc1cccc(Br)c1)c1nc(-c2ccc(Br)cc2)n(-c2ccc(F)cc2)n1. The van der Waals surface area contributed by atoms with Crippen molar-refractivity contribution in [1.82, 2.24) is 14.8 Å². The Morgan fingerprint density at radius 2 is 1.66 bits per heavy atom. The highest BCUT2D eigenvalue weighted by atomic mass is 79.9. The minimum absolute atomic E-state index is 0.00668. The second kappa shape index (κ2) is 8.26. The molecule has 3 aromatic carbocycles. The highest BCUT2D eigenvalue weighted by Crippen LogP contribution is 2.24. The van der Waals surface area contributed by atoms with Gasteiger partial charge in [-0.3, -0.25) is 4.79 Å². The molecule has 29 heavy (non-hydrogen) atoms. The van der Waals surface area contributed by atoms with Crippen LogP contribution in [-0.2, 0) is 0 Å². The topological polar surface area (TPSA) is 59.8 Å². The van der Waals surface area contributed by atoms with Gasteiger partial charge in [-0.2, -0.15) is 0 Å². The standard InChI is InChI=1S/C21H13Br2FN4O/c22-14-6-4-13(5-7-14)20-26-19(21(29)25-17-3-1-2-15(23)12-17)27-28(20)18-10-8-16(24)9-11-18/h1-12H,(H,25,29). The maximum absolute atomic E-state index is 13.4. The molecule has 8 heteroatoms. The second-order valence-corrected chi connectivity index (χ2v) is 7.95.